The molecule has 1 aromatic rings. The molecule has 20 heavy (non-hydrogen) atoms. The van der Waals surface area contributed by atoms with Gasteiger partial charge in [-0.05, 0) is 31.0 Å². The Morgan fingerprint density at radius 3 is 2.35 bits per heavy atom. The van der Waals surface area contributed by atoms with Crippen LogP contribution in [-0.2, 0) is 19.9 Å². The summed E-state index contributed by atoms with van der Waals surface area (Å²) in [6.45, 7) is 3.10. The van der Waals surface area contributed by atoms with Crippen molar-refractivity contribution in [1.29, 1.82) is 0 Å². The van der Waals surface area contributed by atoms with Crippen molar-refractivity contribution in [1.82, 2.24) is 5.32 Å². The molecule has 0 aromatic heterocycles. The van der Waals surface area contributed by atoms with Crippen molar-refractivity contribution in [2.24, 2.45) is 0 Å². The van der Waals surface area contributed by atoms with Gasteiger partial charge in [0.1, 0.15) is 11.9 Å². The fourth-order valence-electron chi connectivity index (χ4n) is 1.82. The van der Waals surface area contributed by atoms with Crippen LogP contribution < -0.4 is 5.32 Å². The van der Waals surface area contributed by atoms with Crippen molar-refractivity contribution in [2.45, 2.75) is 31.9 Å². The van der Waals surface area contributed by atoms with E-state index in [1.807, 2.05) is 0 Å². The number of halogens is 1. The maximum atomic E-state index is 12.9. The van der Waals surface area contributed by atoms with Crippen molar-refractivity contribution >= 4 is 11.9 Å². The largest absolute Gasteiger partial charge is 0.479 e. The summed E-state index contributed by atoms with van der Waals surface area (Å²) in [5.74, 6) is -2.23. The summed E-state index contributed by atoms with van der Waals surface area (Å²) < 4.78 is 17.9. The van der Waals surface area contributed by atoms with Crippen LogP contribution in [0.25, 0.3) is 0 Å². The highest BCUT2D eigenvalue weighted by Gasteiger charge is 2.38. The third-order valence-electron chi connectivity index (χ3n) is 3.17. The number of benzene rings is 1. The first kappa shape index (κ1) is 16.1. The molecule has 1 rings (SSSR count). The molecule has 110 valence electrons. The molecule has 2 N–H and O–H groups in total. The number of carbonyl (C=O) groups is 2. The number of aliphatic carboxylic acids is 1. The van der Waals surface area contributed by atoms with E-state index in [0.717, 1.165) is 12.1 Å². The summed E-state index contributed by atoms with van der Waals surface area (Å²) in [6.07, 6.45) is -0.310. The second-order valence-corrected chi connectivity index (χ2v) is 4.56. The molecule has 2 atom stereocenters. The minimum atomic E-state index is -1.64. The molecular weight excluding hydrogens is 265 g/mol. The summed E-state index contributed by atoms with van der Waals surface area (Å²) in [7, 11) is 1.38. The molecule has 1 amide bonds. The Balaban J connectivity index is 3.07. The second-order valence-electron chi connectivity index (χ2n) is 4.56. The smallest absolute Gasteiger partial charge is 0.333 e. The number of amides is 1. The summed E-state index contributed by atoms with van der Waals surface area (Å²) in [4.78, 5) is 23.5. The van der Waals surface area contributed by atoms with Gasteiger partial charge in [-0.15, -0.1) is 0 Å². The van der Waals surface area contributed by atoms with E-state index in [-0.39, 0.29) is 5.56 Å². The molecule has 0 bridgehead atoms. The molecule has 0 spiro atoms. The standard InChI is InChI=1S/C14H18FNO4/c1-4-11(20-3)12(17)16-14(2,13(18)19)9-5-7-10(15)8-6-9/h5-8,11H,4H2,1-3H3,(H,16,17)(H,18,19). The van der Waals surface area contributed by atoms with Crippen molar-refractivity contribution in [3.05, 3.63) is 35.6 Å². The van der Waals surface area contributed by atoms with Crippen molar-refractivity contribution in [3.63, 3.8) is 0 Å². The van der Waals surface area contributed by atoms with Crippen molar-refractivity contribution in [3.8, 4) is 0 Å². The van der Waals surface area contributed by atoms with Crippen LogP contribution in [0.1, 0.15) is 25.8 Å². The first-order valence-electron chi connectivity index (χ1n) is 6.19. The van der Waals surface area contributed by atoms with Crippen LogP contribution in [0.15, 0.2) is 24.3 Å². The van der Waals surface area contributed by atoms with Crippen LogP contribution in [0, 0.1) is 5.82 Å². The zero-order chi connectivity index (χ0) is 15.3. The van der Waals surface area contributed by atoms with Crippen molar-refractivity contribution < 1.29 is 23.8 Å². The molecule has 0 radical (unpaired) electrons. The fourth-order valence-corrected chi connectivity index (χ4v) is 1.82. The topological polar surface area (TPSA) is 75.6 Å². The molecular formula is C14H18FNO4. The summed E-state index contributed by atoms with van der Waals surface area (Å²) in [5, 5.41) is 11.8. The molecule has 0 aliphatic heterocycles. The molecule has 5 nitrogen and oxygen atoms in total. The van der Waals surface area contributed by atoms with Crippen LogP contribution in [0.4, 0.5) is 4.39 Å². The molecule has 6 heteroatoms. The normalized spacial score (nSPS) is 15.2. The maximum Gasteiger partial charge on any atom is 0.333 e. The van der Waals surface area contributed by atoms with Gasteiger partial charge in [0, 0.05) is 7.11 Å². The van der Waals surface area contributed by atoms with Gasteiger partial charge in [-0.2, -0.15) is 0 Å². The predicted octanol–water partition coefficient (Wildman–Crippen LogP) is 1.67. The SMILES string of the molecule is CCC(OC)C(=O)NC(C)(C(=O)O)c1ccc(F)cc1. The van der Waals surface area contributed by atoms with E-state index in [4.69, 9.17) is 4.74 Å². The average Bonchev–Trinajstić information content (AvgIpc) is 2.40. The molecule has 0 aliphatic rings. The lowest BCUT2D eigenvalue weighted by Crippen LogP contribution is -2.52. The van der Waals surface area contributed by atoms with E-state index in [0.29, 0.717) is 6.42 Å². The van der Waals surface area contributed by atoms with E-state index in [1.165, 1.54) is 26.2 Å². The third kappa shape index (κ3) is 3.33. The monoisotopic (exact) mass is 283 g/mol. The van der Waals surface area contributed by atoms with Crippen molar-refractivity contribution in [2.75, 3.05) is 7.11 Å². The van der Waals surface area contributed by atoms with Crippen LogP contribution in [0.2, 0.25) is 0 Å². The van der Waals surface area contributed by atoms with E-state index in [2.05, 4.69) is 5.32 Å². The fraction of sp³-hybridized carbons (Fsp3) is 0.429. The average molecular weight is 283 g/mol. The van der Waals surface area contributed by atoms with Gasteiger partial charge in [0.15, 0.2) is 5.54 Å². The molecule has 0 fully saturated rings. The number of nitrogens with one attached hydrogen (secondary N) is 1. The Bertz CT molecular complexity index is 484. The van der Waals surface area contributed by atoms with E-state index < -0.39 is 29.3 Å². The van der Waals surface area contributed by atoms with Gasteiger partial charge in [-0.3, -0.25) is 4.79 Å². The van der Waals surface area contributed by atoms with Gasteiger partial charge in [0.2, 0.25) is 5.91 Å². The maximum absolute atomic E-state index is 12.9. The number of carbonyl (C=O) groups excluding carboxylic acids is 1. The molecule has 1 aromatic carbocycles. The molecule has 0 aliphatic carbocycles. The number of hydrogen-bond donors (Lipinski definition) is 2. The van der Waals surface area contributed by atoms with Gasteiger partial charge >= 0.3 is 5.97 Å². The minimum absolute atomic E-state index is 0.283. The number of rotatable bonds is 6. The Morgan fingerprint density at radius 2 is 1.95 bits per heavy atom. The van der Waals surface area contributed by atoms with Gasteiger partial charge in [0.05, 0.1) is 0 Å². The number of hydrogen-bond acceptors (Lipinski definition) is 3. The van der Waals surface area contributed by atoms with E-state index in [9.17, 15) is 19.1 Å². The number of ether oxygens (including phenoxy) is 1. The zero-order valence-electron chi connectivity index (χ0n) is 11.6. The second kappa shape index (κ2) is 6.47. The van der Waals surface area contributed by atoms with Crippen LogP contribution >= 0.6 is 0 Å². The van der Waals surface area contributed by atoms with Gasteiger partial charge in [0.25, 0.3) is 0 Å². The van der Waals surface area contributed by atoms with E-state index in [1.54, 1.807) is 6.92 Å². The lowest BCUT2D eigenvalue weighted by atomic mass is 9.91. The lowest BCUT2D eigenvalue weighted by molar-refractivity contribution is -0.149. The van der Waals surface area contributed by atoms with Gasteiger partial charge < -0.3 is 15.2 Å². The highest BCUT2D eigenvalue weighted by atomic mass is 19.1. The summed E-state index contributed by atoms with van der Waals surface area (Å²) >= 11 is 0. The molecule has 0 saturated heterocycles. The minimum Gasteiger partial charge on any atom is -0.479 e. The van der Waals surface area contributed by atoms with Gasteiger partial charge in [-0.25, -0.2) is 9.18 Å². The van der Waals surface area contributed by atoms with E-state index >= 15 is 0 Å². The van der Waals surface area contributed by atoms with Gasteiger partial charge in [-0.1, -0.05) is 19.1 Å². The first-order valence-corrected chi connectivity index (χ1v) is 6.19. The Morgan fingerprint density at radius 1 is 1.40 bits per heavy atom. The van der Waals surface area contributed by atoms with Crippen LogP contribution in [-0.4, -0.2) is 30.2 Å². The quantitative estimate of drug-likeness (QED) is 0.832. The number of methoxy groups -OCH3 is 1. The predicted molar refractivity (Wildman–Crippen MR) is 70.6 cm³/mol. The highest BCUT2D eigenvalue weighted by Crippen LogP contribution is 2.22. The Hall–Kier alpha value is -1.95. The first-order chi connectivity index (χ1) is 9.35. The number of carboxylic acids is 1. The summed E-state index contributed by atoms with van der Waals surface area (Å²) in [6, 6.07) is 4.96. The van der Waals surface area contributed by atoms with Crippen LogP contribution in [0.5, 0.6) is 0 Å². The molecule has 0 heterocycles. The lowest BCUT2D eigenvalue weighted by Gasteiger charge is -2.28. The Labute approximate surface area is 116 Å². The molecule has 2 unspecified atom stereocenters. The molecule has 0 saturated carbocycles. The zero-order valence-corrected chi connectivity index (χ0v) is 11.6. The summed E-state index contributed by atoms with van der Waals surface area (Å²) in [5.41, 5.74) is -1.36. The number of carboxylic acid groups (broad SMARTS) is 1. The highest BCUT2D eigenvalue weighted by molar-refractivity contribution is 5.89. The third-order valence-corrected chi connectivity index (χ3v) is 3.17. The Kier molecular flexibility index (Phi) is 5.21. The van der Waals surface area contributed by atoms with Crippen LogP contribution in [0.3, 0.4) is 0 Å².